The third-order valence-electron chi connectivity index (χ3n) is 14.9. The van der Waals surface area contributed by atoms with Gasteiger partial charge in [0.15, 0.2) is 5.75 Å². The van der Waals surface area contributed by atoms with Gasteiger partial charge in [0.25, 0.3) is 11.8 Å². The zero-order valence-corrected chi connectivity index (χ0v) is 42.1. The maximum Gasteiger partial charge on any atom is 0.524 e. The number of aromatic amines is 1. The quantitative estimate of drug-likeness (QED) is 0.0276. The highest BCUT2D eigenvalue weighted by atomic mass is 35.5. The smallest absolute Gasteiger partial charge is 0.402 e. The number of H-pyrrole nitrogens is 1. The molecule has 0 saturated heterocycles. The predicted octanol–water partition coefficient (Wildman–Crippen LogP) is 6.38. The number of aromatic nitrogens is 1. The van der Waals surface area contributed by atoms with Crippen LogP contribution in [0.15, 0.2) is 54.7 Å². The largest absolute Gasteiger partial charge is 0.524 e. The minimum Gasteiger partial charge on any atom is -0.402 e. The monoisotopic (exact) mass is 1030 g/mol. The summed E-state index contributed by atoms with van der Waals surface area (Å²) in [5.74, 6) is -2.92. The molecule has 0 spiro atoms. The number of nitrogens with zero attached hydrogens (tertiary/aromatic N) is 3. The summed E-state index contributed by atoms with van der Waals surface area (Å²) in [6.45, 7) is 7.77. The van der Waals surface area contributed by atoms with E-state index in [9.17, 15) is 47.9 Å². The van der Waals surface area contributed by atoms with E-state index in [1.807, 2.05) is 31.2 Å². The number of anilines is 3. The Morgan fingerprint density at radius 1 is 0.831 bits per heavy atom. The number of benzene rings is 3. The van der Waals surface area contributed by atoms with Crippen LogP contribution in [-0.4, -0.2) is 104 Å². The van der Waals surface area contributed by atoms with Crippen LogP contribution in [0, 0.1) is 23.7 Å². The molecule has 4 aromatic rings. The van der Waals surface area contributed by atoms with Gasteiger partial charge in [0.2, 0.25) is 29.5 Å². The van der Waals surface area contributed by atoms with Gasteiger partial charge < -0.3 is 35.3 Å². The maximum atomic E-state index is 14.8. The lowest BCUT2D eigenvalue weighted by molar-refractivity contribution is -0.205. The molecule has 0 radical (unpaired) electrons. The number of aryl methyl sites for hydroxylation is 1. The topological polar surface area (TPSA) is 248 Å². The van der Waals surface area contributed by atoms with E-state index in [0.717, 1.165) is 27.0 Å². The average molecular weight is 1030 g/mol. The van der Waals surface area contributed by atoms with Gasteiger partial charge in [0, 0.05) is 90.5 Å². The van der Waals surface area contributed by atoms with Gasteiger partial charge in [-0.2, -0.15) is 0 Å². The Bertz CT molecular complexity index is 2970. The predicted molar refractivity (Wildman–Crippen MR) is 267 cm³/mol. The zero-order chi connectivity index (χ0) is 50.9. The normalized spacial score (nSPS) is 22.9. The van der Waals surface area contributed by atoms with Crippen molar-refractivity contribution in [2.75, 3.05) is 46.5 Å². The van der Waals surface area contributed by atoms with E-state index in [0.29, 0.717) is 78.4 Å². The molecule has 3 saturated carbocycles. The number of rotatable bonds is 18. The molecule has 2 bridgehead atoms. The van der Waals surface area contributed by atoms with Crippen LogP contribution in [0.1, 0.15) is 94.2 Å². The first kappa shape index (κ1) is 50.2. The lowest BCUT2D eigenvalue weighted by Gasteiger charge is -2.69. The van der Waals surface area contributed by atoms with E-state index < -0.39 is 42.6 Å². The molecule has 3 aliphatic carbocycles. The average Bonchev–Trinajstić information content (AvgIpc) is 4.06. The summed E-state index contributed by atoms with van der Waals surface area (Å²) in [4.78, 5) is 121. The van der Waals surface area contributed by atoms with Crippen LogP contribution in [-0.2, 0) is 38.1 Å². The third-order valence-corrected chi connectivity index (χ3v) is 16.1. The molecule has 71 heavy (non-hydrogen) atoms. The van der Waals surface area contributed by atoms with Gasteiger partial charge >= 0.3 is 7.82 Å². The molecule has 18 nitrogen and oxygen atoms in total. The summed E-state index contributed by atoms with van der Waals surface area (Å²) in [5.41, 5.74) is 2.70. The van der Waals surface area contributed by atoms with E-state index in [-0.39, 0.29) is 84.3 Å². The number of imide groups is 1. The minimum absolute atomic E-state index is 0.0877. The van der Waals surface area contributed by atoms with E-state index in [1.165, 1.54) is 18.2 Å². The molecule has 7 amide bonds. The van der Waals surface area contributed by atoms with Gasteiger partial charge in [0.05, 0.1) is 27.7 Å². The fourth-order valence-corrected chi connectivity index (χ4v) is 12.4. The number of nitrogens with one attached hydrogen (secondary N) is 4. The third kappa shape index (κ3) is 9.00. The summed E-state index contributed by atoms with van der Waals surface area (Å²) in [6, 6.07) is 8.77. The van der Waals surface area contributed by atoms with Gasteiger partial charge in [0.1, 0.15) is 12.1 Å². The molecular weight excluding hydrogens is 976 g/mol. The number of halogens is 2. The van der Waals surface area contributed by atoms with Crippen molar-refractivity contribution < 1.29 is 52.4 Å². The number of phosphoric ester groups is 1. The number of phosphoric acid groups is 1. The fourth-order valence-electron chi connectivity index (χ4n) is 11.5. The molecule has 0 unspecified atom stereocenters. The minimum atomic E-state index is -4.97. The van der Waals surface area contributed by atoms with E-state index in [2.05, 4.69) is 20.9 Å². The van der Waals surface area contributed by atoms with Crippen LogP contribution in [0.3, 0.4) is 0 Å². The zero-order valence-electron chi connectivity index (χ0n) is 39.7. The number of alkyl halides is 2. The van der Waals surface area contributed by atoms with Crippen molar-refractivity contribution in [3.8, 4) is 5.75 Å². The number of unbranched alkanes of at least 4 members (excludes halogenated alkanes) is 2. The SMILES string of the molecule is Cc1c[nH]c2c(OP(=O)(O)O)cc3c(c12)[C@H](CCl)CN3C(=O)C12CC(C(=O)N3C[C@@H](CCl)c4c3cc(NC(=O)[C@H](C)NC(=O)[C@@H](NC(=O)CCCCCN3C(=O)C=CC3=O)C(C)C)c3ccccc43)(C1)C2. The fraction of sp³-hybridized carbons (Fsp3) is 0.460. The van der Waals surface area contributed by atoms with Crippen molar-refractivity contribution in [3.05, 3.63) is 71.4 Å². The first-order valence-corrected chi connectivity index (χ1v) is 26.4. The number of hydrogen-bond donors (Lipinski definition) is 6. The second-order valence-corrected chi connectivity index (χ2v) is 21.9. The Morgan fingerprint density at radius 3 is 2.01 bits per heavy atom. The highest BCUT2D eigenvalue weighted by Gasteiger charge is 2.76. The first-order valence-electron chi connectivity index (χ1n) is 23.8. The molecule has 6 aliphatic rings. The molecule has 3 fully saturated rings. The molecule has 3 aromatic carbocycles. The van der Waals surface area contributed by atoms with Crippen molar-refractivity contribution in [2.45, 2.75) is 96.6 Å². The van der Waals surface area contributed by atoms with Gasteiger partial charge in [-0.25, -0.2) is 4.57 Å². The summed E-state index contributed by atoms with van der Waals surface area (Å²) in [5, 5.41) is 10.7. The van der Waals surface area contributed by atoms with E-state index in [1.54, 1.807) is 42.8 Å². The number of fused-ring (bicyclic) bond motifs is 6. The molecule has 376 valence electrons. The maximum absolute atomic E-state index is 14.8. The molecule has 10 rings (SSSR count). The summed E-state index contributed by atoms with van der Waals surface area (Å²) in [7, 11) is -4.97. The molecule has 4 atom stereocenters. The van der Waals surface area contributed by atoms with Crippen molar-refractivity contribution >= 4 is 111 Å². The number of carbonyl (C=O) groups excluding carboxylic acids is 7. The lowest BCUT2D eigenvalue weighted by atomic mass is 9.34. The lowest BCUT2D eigenvalue weighted by Crippen LogP contribution is -2.73. The Morgan fingerprint density at radius 2 is 1.42 bits per heavy atom. The Labute approximate surface area is 419 Å². The molecule has 3 aliphatic heterocycles. The van der Waals surface area contributed by atoms with Crippen molar-refractivity contribution in [1.82, 2.24) is 20.5 Å². The molecule has 4 heterocycles. The Balaban J connectivity index is 0.872. The Hall–Kier alpha value is -5.78. The summed E-state index contributed by atoms with van der Waals surface area (Å²) >= 11 is 13.1. The second kappa shape index (κ2) is 19.0. The number of hydrogen-bond acceptors (Lipinski definition) is 9. The summed E-state index contributed by atoms with van der Waals surface area (Å²) < 4.78 is 17.1. The second-order valence-electron chi connectivity index (χ2n) is 20.1. The van der Waals surface area contributed by atoms with E-state index in [4.69, 9.17) is 27.7 Å². The number of amides is 7. The standard InChI is InChI=1S/C50H56Cl2N7O11P/c1-26(2)43(56-37(60)12-6-5-9-15-57-38(61)13-14-39(57)62)46(64)54-28(4)45(63)55-33-16-34-41(32-11-8-7-10-31(32)33)29(18-51)21-58(34)47(65)49-23-50(24-49,25-49)48(66)59-22-30(19-52)42-35(59)17-36(70-71(67,68)69)44-40(42)27(3)20-53-44/h7-8,10-11,13-14,16-17,20,26,28-30,43,53H,5-6,9,12,15,18-19,21-25H2,1-4H3,(H,54,64)(H,55,63)(H,56,60)(H2,67,68,69)/t28-,29+,30+,43-,49?,50?/m0/s1. The number of carbonyl (C=O) groups is 7. The molecule has 6 N–H and O–H groups in total. The van der Waals surface area contributed by atoms with Crippen LogP contribution in [0.25, 0.3) is 21.7 Å². The summed E-state index contributed by atoms with van der Waals surface area (Å²) in [6.07, 6.45) is 6.83. The van der Waals surface area contributed by atoms with Gasteiger partial charge in [-0.05, 0) is 80.0 Å². The van der Waals surface area contributed by atoms with Crippen molar-refractivity contribution in [3.63, 3.8) is 0 Å². The van der Waals surface area contributed by atoms with Crippen LogP contribution < -0.4 is 30.3 Å². The van der Waals surface area contributed by atoms with Crippen molar-refractivity contribution in [1.29, 1.82) is 0 Å². The molecular formula is C50H56Cl2N7O11P. The van der Waals surface area contributed by atoms with Crippen LogP contribution in [0.5, 0.6) is 5.75 Å². The highest BCUT2D eigenvalue weighted by Crippen LogP contribution is 2.75. The van der Waals surface area contributed by atoms with Crippen LogP contribution in [0.4, 0.5) is 17.1 Å². The van der Waals surface area contributed by atoms with Crippen LogP contribution in [0.2, 0.25) is 0 Å². The van der Waals surface area contributed by atoms with Gasteiger partial charge in [-0.3, -0.25) is 48.2 Å². The van der Waals surface area contributed by atoms with Gasteiger partial charge in [-0.1, -0.05) is 44.5 Å². The first-order chi connectivity index (χ1) is 33.7. The van der Waals surface area contributed by atoms with E-state index >= 15 is 0 Å². The van der Waals surface area contributed by atoms with Gasteiger partial charge in [-0.15, -0.1) is 23.2 Å². The Kier molecular flexibility index (Phi) is 13.4. The molecule has 1 aromatic heterocycles. The van der Waals surface area contributed by atoms with Crippen molar-refractivity contribution in [2.24, 2.45) is 16.7 Å². The van der Waals surface area contributed by atoms with Crippen LogP contribution >= 0.6 is 31.0 Å². The highest BCUT2D eigenvalue weighted by molar-refractivity contribution is 7.46. The molecule has 21 heteroatoms.